The van der Waals surface area contributed by atoms with Gasteiger partial charge in [-0.15, -0.1) is 0 Å². The van der Waals surface area contributed by atoms with Crippen LogP contribution in [-0.4, -0.2) is 15.2 Å². The second kappa shape index (κ2) is 8.13. The molecule has 0 saturated carbocycles. The molecule has 30 heavy (non-hydrogen) atoms. The molecule has 4 rings (SSSR count). The lowest BCUT2D eigenvalue weighted by atomic mass is 10.0. The Kier molecular flexibility index (Phi) is 5.38. The Labute approximate surface area is 178 Å². The number of benzene rings is 2. The molecule has 0 N–H and O–H groups in total. The van der Waals surface area contributed by atoms with Crippen LogP contribution in [-0.2, 0) is 6.61 Å². The first-order valence-electron chi connectivity index (χ1n) is 9.44. The molecule has 0 saturated heterocycles. The maximum Gasteiger partial charge on any atom is 0.261 e. The van der Waals surface area contributed by atoms with Gasteiger partial charge in [0.2, 0.25) is 0 Å². The van der Waals surface area contributed by atoms with E-state index < -0.39 is 0 Å². The average molecular weight is 419 g/mol. The van der Waals surface area contributed by atoms with Crippen molar-refractivity contribution in [1.82, 2.24) is 9.38 Å². The largest absolute Gasteiger partial charge is 0.485 e. The molecular weight excluding hydrogens is 400 g/mol. The molecule has 0 aliphatic rings. The highest BCUT2D eigenvalue weighted by molar-refractivity contribution is 6.30. The van der Waals surface area contributed by atoms with Crippen molar-refractivity contribution in [1.29, 1.82) is 0 Å². The summed E-state index contributed by atoms with van der Waals surface area (Å²) in [5, 5.41) is 0.592. The summed E-state index contributed by atoms with van der Waals surface area (Å²) in [7, 11) is 0. The number of pyridine rings is 1. The number of rotatable bonds is 5. The van der Waals surface area contributed by atoms with Crippen LogP contribution in [0.4, 0.5) is 0 Å². The maximum atomic E-state index is 12.6. The first kappa shape index (κ1) is 19.9. The van der Waals surface area contributed by atoms with E-state index in [9.17, 15) is 9.59 Å². The second-order valence-electron chi connectivity index (χ2n) is 7.02. The fourth-order valence-corrected chi connectivity index (χ4v) is 3.25. The van der Waals surface area contributed by atoms with E-state index in [1.165, 1.54) is 4.40 Å². The third-order valence-corrected chi connectivity index (χ3v) is 5.26. The Morgan fingerprint density at radius 1 is 1.00 bits per heavy atom. The number of halogens is 1. The van der Waals surface area contributed by atoms with E-state index in [4.69, 9.17) is 16.3 Å². The molecule has 5 nitrogen and oxygen atoms in total. The van der Waals surface area contributed by atoms with Crippen molar-refractivity contribution in [2.75, 3.05) is 0 Å². The van der Waals surface area contributed by atoms with E-state index in [-0.39, 0.29) is 17.9 Å². The topological polar surface area (TPSA) is 60.7 Å². The Morgan fingerprint density at radius 3 is 2.30 bits per heavy atom. The van der Waals surface area contributed by atoms with Gasteiger partial charge in [0, 0.05) is 33.6 Å². The average Bonchev–Trinajstić information content (AvgIpc) is 2.77. The SMILES string of the molecule is Cc1nc2c(OCc3ccc(C(=O)c4ccc(Cl)cc4)cc3)cccn2c(=O)c1C. The first-order chi connectivity index (χ1) is 14.4. The predicted molar refractivity (Wildman–Crippen MR) is 117 cm³/mol. The van der Waals surface area contributed by atoms with Gasteiger partial charge in [0.25, 0.3) is 5.56 Å². The Hall–Kier alpha value is -3.44. The van der Waals surface area contributed by atoms with Crippen LogP contribution in [0.2, 0.25) is 5.02 Å². The fraction of sp³-hybridized carbons (Fsp3) is 0.125. The highest BCUT2D eigenvalue weighted by atomic mass is 35.5. The van der Waals surface area contributed by atoms with Crippen LogP contribution >= 0.6 is 11.6 Å². The summed E-state index contributed by atoms with van der Waals surface area (Å²) in [5.41, 5.74) is 3.75. The third-order valence-electron chi connectivity index (χ3n) is 5.00. The molecule has 2 heterocycles. The number of ether oxygens (including phenoxy) is 1. The molecule has 0 unspecified atom stereocenters. The minimum atomic E-state index is -0.104. The van der Waals surface area contributed by atoms with Crippen molar-refractivity contribution >= 4 is 23.0 Å². The zero-order valence-electron chi connectivity index (χ0n) is 16.6. The van der Waals surface area contributed by atoms with Crippen LogP contribution in [0.1, 0.15) is 32.7 Å². The standard InChI is InChI=1S/C24H19ClN2O3/c1-15-16(2)26-23-21(4-3-13-27(23)24(15)29)30-14-17-5-7-18(8-6-17)22(28)19-9-11-20(25)12-10-19/h3-13H,14H2,1-2H3. The molecule has 4 aromatic rings. The lowest BCUT2D eigenvalue weighted by Gasteiger charge is -2.11. The van der Waals surface area contributed by atoms with Crippen LogP contribution in [0.15, 0.2) is 71.7 Å². The number of fused-ring (bicyclic) bond motifs is 1. The lowest BCUT2D eigenvalue weighted by molar-refractivity contribution is 0.103. The summed E-state index contributed by atoms with van der Waals surface area (Å²) in [6.45, 7) is 3.86. The quantitative estimate of drug-likeness (QED) is 0.438. The van der Waals surface area contributed by atoms with Gasteiger partial charge >= 0.3 is 0 Å². The first-order valence-corrected chi connectivity index (χ1v) is 9.82. The number of aromatic nitrogens is 2. The van der Waals surface area contributed by atoms with Gasteiger partial charge in [0.1, 0.15) is 6.61 Å². The number of hydrogen-bond donors (Lipinski definition) is 0. The molecular formula is C24H19ClN2O3. The van der Waals surface area contributed by atoms with E-state index in [1.807, 2.05) is 19.1 Å². The fourth-order valence-electron chi connectivity index (χ4n) is 3.13. The molecule has 150 valence electrons. The normalized spacial score (nSPS) is 10.9. The Morgan fingerprint density at radius 2 is 1.63 bits per heavy atom. The predicted octanol–water partition coefficient (Wildman–Crippen LogP) is 4.77. The van der Waals surface area contributed by atoms with Gasteiger partial charge in [-0.3, -0.25) is 14.0 Å². The van der Waals surface area contributed by atoms with E-state index in [1.54, 1.807) is 61.7 Å². The third kappa shape index (κ3) is 3.84. The van der Waals surface area contributed by atoms with E-state index >= 15 is 0 Å². The molecule has 6 heteroatoms. The molecule has 0 radical (unpaired) electrons. The summed E-state index contributed by atoms with van der Waals surface area (Å²) < 4.78 is 7.42. The van der Waals surface area contributed by atoms with Crippen molar-refractivity contribution < 1.29 is 9.53 Å². The van der Waals surface area contributed by atoms with Gasteiger partial charge in [0.15, 0.2) is 17.2 Å². The molecule has 0 aliphatic heterocycles. The van der Waals surface area contributed by atoms with Crippen molar-refractivity contribution in [2.24, 2.45) is 0 Å². The zero-order chi connectivity index (χ0) is 21.3. The second-order valence-corrected chi connectivity index (χ2v) is 7.45. The highest BCUT2D eigenvalue weighted by Crippen LogP contribution is 2.20. The van der Waals surface area contributed by atoms with Gasteiger partial charge in [0.05, 0.1) is 0 Å². The van der Waals surface area contributed by atoms with Gasteiger partial charge in [-0.1, -0.05) is 35.9 Å². The summed E-state index contributed by atoms with van der Waals surface area (Å²) in [6.07, 6.45) is 1.68. The highest BCUT2D eigenvalue weighted by Gasteiger charge is 2.11. The Bertz CT molecular complexity index is 1290. The minimum Gasteiger partial charge on any atom is -0.485 e. The van der Waals surface area contributed by atoms with Crippen LogP contribution in [0.25, 0.3) is 5.65 Å². The molecule has 2 aromatic carbocycles. The van der Waals surface area contributed by atoms with Crippen molar-refractivity contribution in [2.45, 2.75) is 20.5 Å². The van der Waals surface area contributed by atoms with Gasteiger partial charge in [-0.05, 0) is 55.8 Å². The van der Waals surface area contributed by atoms with Crippen LogP contribution in [0.3, 0.4) is 0 Å². The minimum absolute atomic E-state index is 0.0670. The summed E-state index contributed by atoms with van der Waals surface area (Å²) >= 11 is 5.88. The molecule has 0 bridgehead atoms. The van der Waals surface area contributed by atoms with Gasteiger partial charge in [-0.2, -0.15) is 0 Å². The lowest BCUT2D eigenvalue weighted by Crippen LogP contribution is -2.19. The van der Waals surface area contributed by atoms with Crippen LogP contribution < -0.4 is 10.3 Å². The van der Waals surface area contributed by atoms with E-state index in [2.05, 4.69) is 4.98 Å². The molecule has 0 aliphatic carbocycles. The molecule has 0 amide bonds. The number of hydrogen-bond acceptors (Lipinski definition) is 4. The zero-order valence-corrected chi connectivity index (χ0v) is 17.3. The van der Waals surface area contributed by atoms with Gasteiger partial charge in [-0.25, -0.2) is 4.98 Å². The van der Waals surface area contributed by atoms with Crippen molar-refractivity contribution in [3.05, 3.63) is 110 Å². The summed E-state index contributed by atoms with van der Waals surface area (Å²) in [5.74, 6) is 0.460. The molecule has 0 fully saturated rings. The van der Waals surface area contributed by atoms with Gasteiger partial charge < -0.3 is 4.74 Å². The molecule has 2 aromatic heterocycles. The smallest absolute Gasteiger partial charge is 0.261 e. The number of aryl methyl sites for hydroxylation is 1. The Balaban J connectivity index is 1.53. The number of carbonyl (C=O) groups excluding carboxylic acids is 1. The van der Waals surface area contributed by atoms with Crippen molar-refractivity contribution in [3.63, 3.8) is 0 Å². The van der Waals surface area contributed by atoms with E-state index in [0.29, 0.717) is 38.8 Å². The number of carbonyl (C=O) groups is 1. The summed E-state index contributed by atoms with van der Waals surface area (Å²) in [6, 6.07) is 17.6. The number of nitrogens with zero attached hydrogens (tertiary/aromatic N) is 2. The number of ketones is 1. The van der Waals surface area contributed by atoms with Crippen LogP contribution in [0.5, 0.6) is 5.75 Å². The van der Waals surface area contributed by atoms with Crippen LogP contribution in [0, 0.1) is 13.8 Å². The molecule has 0 spiro atoms. The monoisotopic (exact) mass is 418 g/mol. The molecule has 0 atom stereocenters. The van der Waals surface area contributed by atoms with E-state index in [0.717, 1.165) is 5.56 Å². The maximum absolute atomic E-state index is 12.6. The van der Waals surface area contributed by atoms with Crippen molar-refractivity contribution in [3.8, 4) is 5.75 Å². The summed E-state index contributed by atoms with van der Waals surface area (Å²) in [4.78, 5) is 29.5.